The molecule has 16 heavy (non-hydrogen) atoms. The van der Waals surface area contributed by atoms with E-state index >= 15 is 0 Å². The first-order valence-electron chi connectivity index (χ1n) is 4.42. The number of nitrogens with zero attached hydrogens (tertiary/aromatic N) is 3. The summed E-state index contributed by atoms with van der Waals surface area (Å²) in [4.78, 5) is 0.0237. The number of nitrogen functional groups attached to an aromatic ring is 1. The van der Waals surface area contributed by atoms with E-state index in [1.54, 1.807) is 6.92 Å². The molecular formula is C8H10N4O3S. The molecule has 2 heterocycles. The van der Waals surface area contributed by atoms with Gasteiger partial charge in [-0.1, -0.05) is 5.16 Å². The van der Waals surface area contributed by atoms with Gasteiger partial charge in [-0.25, -0.2) is 0 Å². The number of aromatic nitrogens is 3. The average Bonchev–Trinajstić information content (AvgIpc) is 2.74. The predicted octanol–water partition coefficient (Wildman–Crippen LogP) is 0.307. The van der Waals surface area contributed by atoms with Crippen LogP contribution in [0.3, 0.4) is 0 Å². The van der Waals surface area contributed by atoms with E-state index in [0.29, 0.717) is 5.69 Å². The highest BCUT2D eigenvalue weighted by atomic mass is 32.2. The van der Waals surface area contributed by atoms with Crippen molar-refractivity contribution in [3.63, 3.8) is 0 Å². The molecule has 86 valence electrons. The maximum absolute atomic E-state index is 12.1. The molecule has 2 N–H and O–H groups in total. The Kier molecular flexibility index (Phi) is 2.23. The van der Waals surface area contributed by atoms with Crippen molar-refractivity contribution < 1.29 is 12.9 Å². The fourth-order valence-corrected chi connectivity index (χ4v) is 2.81. The van der Waals surface area contributed by atoms with Gasteiger partial charge in [0, 0.05) is 12.3 Å². The van der Waals surface area contributed by atoms with Crippen molar-refractivity contribution in [2.75, 3.05) is 5.73 Å². The first-order chi connectivity index (χ1) is 7.43. The Hall–Kier alpha value is -1.83. The van der Waals surface area contributed by atoms with E-state index in [1.165, 1.54) is 19.2 Å². The van der Waals surface area contributed by atoms with E-state index < -0.39 is 10.0 Å². The smallest absolute Gasteiger partial charge is 0.288 e. The van der Waals surface area contributed by atoms with Crippen LogP contribution in [-0.2, 0) is 10.0 Å². The standard InChI is InChI=1S/C8H10N4O3S/c1-5-8(6(2)15-11-5)16(13,14)12-4-3-7(9)10-12/h3-4H,1-2H3,(H2,9,10). The van der Waals surface area contributed by atoms with Crippen LogP contribution in [0, 0.1) is 13.8 Å². The fourth-order valence-electron chi connectivity index (χ4n) is 1.39. The minimum Gasteiger partial charge on any atom is -0.382 e. The molecule has 0 saturated heterocycles. The summed E-state index contributed by atoms with van der Waals surface area (Å²) in [5.41, 5.74) is 5.67. The molecule has 0 amide bonds. The van der Waals surface area contributed by atoms with Crippen LogP contribution in [0.5, 0.6) is 0 Å². The maximum atomic E-state index is 12.1. The summed E-state index contributed by atoms with van der Waals surface area (Å²) in [5.74, 6) is 0.363. The van der Waals surface area contributed by atoms with Gasteiger partial charge in [0.05, 0.1) is 0 Å². The number of anilines is 1. The third kappa shape index (κ3) is 1.47. The Labute approximate surface area is 91.9 Å². The van der Waals surface area contributed by atoms with Crippen molar-refractivity contribution in [3.05, 3.63) is 23.7 Å². The molecule has 0 spiro atoms. The molecule has 0 unspecified atom stereocenters. The van der Waals surface area contributed by atoms with Crippen molar-refractivity contribution in [2.24, 2.45) is 0 Å². The minimum absolute atomic E-state index is 0.0237. The molecule has 0 radical (unpaired) electrons. The molecule has 2 aromatic heterocycles. The van der Waals surface area contributed by atoms with Gasteiger partial charge in [0.1, 0.15) is 11.5 Å². The third-order valence-electron chi connectivity index (χ3n) is 2.06. The van der Waals surface area contributed by atoms with Crippen LogP contribution in [0.2, 0.25) is 0 Å². The van der Waals surface area contributed by atoms with Gasteiger partial charge in [-0.15, -0.1) is 5.10 Å². The molecule has 2 aromatic rings. The lowest BCUT2D eigenvalue weighted by molar-refractivity contribution is 0.390. The van der Waals surface area contributed by atoms with Crippen molar-refractivity contribution in [2.45, 2.75) is 18.7 Å². The summed E-state index contributed by atoms with van der Waals surface area (Å²) in [6, 6.07) is 1.40. The van der Waals surface area contributed by atoms with Crippen LogP contribution in [-0.4, -0.2) is 22.8 Å². The molecule has 0 aliphatic carbocycles. The van der Waals surface area contributed by atoms with E-state index in [2.05, 4.69) is 10.3 Å². The zero-order valence-corrected chi connectivity index (χ0v) is 9.52. The number of aryl methyl sites for hydroxylation is 2. The molecule has 0 fully saturated rings. The molecule has 0 aromatic carbocycles. The van der Waals surface area contributed by atoms with Crippen LogP contribution in [0.4, 0.5) is 5.82 Å². The molecule has 7 nitrogen and oxygen atoms in total. The van der Waals surface area contributed by atoms with E-state index in [4.69, 9.17) is 10.3 Å². The van der Waals surface area contributed by atoms with Crippen molar-refractivity contribution in [1.29, 1.82) is 0 Å². The summed E-state index contributed by atoms with van der Waals surface area (Å²) in [7, 11) is -3.77. The lowest BCUT2D eigenvalue weighted by Crippen LogP contribution is -2.15. The minimum atomic E-state index is -3.77. The normalized spacial score (nSPS) is 11.9. The Bertz CT molecular complexity index is 606. The third-order valence-corrected chi connectivity index (χ3v) is 3.85. The van der Waals surface area contributed by atoms with Gasteiger partial charge in [-0.05, 0) is 13.8 Å². The highest BCUT2D eigenvalue weighted by Crippen LogP contribution is 2.21. The van der Waals surface area contributed by atoms with E-state index in [9.17, 15) is 8.42 Å². The Balaban J connectivity index is 2.64. The quantitative estimate of drug-likeness (QED) is 0.812. The number of hydrogen-bond acceptors (Lipinski definition) is 6. The van der Waals surface area contributed by atoms with E-state index in [1.807, 2.05) is 0 Å². The lowest BCUT2D eigenvalue weighted by Gasteiger charge is -2.02. The van der Waals surface area contributed by atoms with Crippen molar-refractivity contribution >= 4 is 15.8 Å². The largest absolute Gasteiger partial charge is 0.382 e. The first kappa shape index (κ1) is 10.7. The van der Waals surface area contributed by atoms with Gasteiger partial charge < -0.3 is 10.3 Å². The zero-order valence-electron chi connectivity index (χ0n) is 8.71. The second kappa shape index (κ2) is 3.34. The van der Waals surface area contributed by atoms with Gasteiger partial charge >= 0.3 is 0 Å². The van der Waals surface area contributed by atoms with Crippen molar-refractivity contribution in [3.8, 4) is 0 Å². The van der Waals surface area contributed by atoms with Crippen molar-refractivity contribution in [1.82, 2.24) is 14.3 Å². The van der Waals surface area contributed by atoms with Gasteiger partial charge in [0.15, 0.2) is 10.7 Å². The van der Waals surface area contributed by atoms with Gasteiger partial charge in [0.2, 0.25) is 0 Å². The maximum Gasteiger partial charge on any atom is 0.288 e. The van der Waals surface area contributed by atoms with Gasteiger partial charge in [-0.3, -0.25) is 0 Å². The first-order valence-corrected chi connectivity index (χ1v) is 5.86. The Morgan fingerprint density at radius 1 is 1.44 bits per heavy atom. The fraction of sp³-hybridized carbons (Fsp3) is 0.250. The monoisotopic (exact) mass is 242 g/mol. The lowest BCUT2D eigenvalue weighted by atomic mass is 10.4. The van der Waals surface area contributed by atoms with Crippen LogP contribution in [0.25, 0.3) is 0 Å². The van der Waals surface area contributed by atoms with E-state index in [0.717, 1.165) is 4.09 Å². The summed E-state index contributed by atoms with van der Waals surface area (Å²) in [6.07, 6.45) is 1.27. The Morgan fingerprint density at radius 3 is 2.56 bits per heavy atom. The molecule has 0 saturated carbocycles. The number of hydrogen-bond donors (Lipinski definition) is 1. The van der Waals surface area contributed by atoms with Gasteiger partial charge in [-0.2, -0.15) is 12.5 Å². The second-order valence-electron chi connectivity index (χ2n) is 3.27. The summed E-state index contributed by atoms with van der Waals surface area (Å²) >= 11 is 0. The molecule has 2 rings (SSSR count). The number of rotatable bonds is 2. The van der Waals surface area contributed by atoms with Crippen LogP contribution in [0.1, 0.15) is 11.5 Å². The zero-order chi connectivity index (χ0) is 11.9. The molecule has 0 bridgehead atoms. The highest BCUT2D eigenvalue weighted by molar-refractivity contribution is 7.90. The summed E-state index contributed by atoms with van der Waals surface area (Å²) in [6.45, 7) is 3.08. The molecule has 8 heteroatoms. The molecule has 0 atom stereocenters. The predicted molar refractivity (Wildman–Crippen MR) is 55.2 cm³/mol. The average molecular weight is 242 g/mol. The van der Waals surface area contributed by atoms with Crippen LogP contribution in [0.15, 0.2) is 21.7 Å². The van der Waals surface area contributed by atoms with E-state index in [-0.39, 0.29) is 16.5 Å². The highest BCUT2D eigenvalue weighted by Gasteiger charge is 2.26. The topological polar surface area (TPSA) is 104 Å². The number of nitrogens with two attached hydrogens (primary N) is 1. The second-order valence-corrected chi connectivity index (χ2v) is 5.00. The summed E-state index contributed by atoms with van der Waals surface area (Å²) in [5, 5.41) is 7.25. The molecular weight excluding hydrogens is 232 g/mol. The molecule has 0 aliphatic rings. The van der Waals surface area contributed by atoms with Crippen LogP contribution >= 0.6 is 0 Å². The SMILES string of the molecule is Cc1noc(C)c1S(=O)(=O)n1ccc(N)n1. The van der Waals surface area contributed by atoms with Crippen LogP contribution < -0.4 is 5.73 Å². The Morgan fingerprint density at radius 2 is 2.12 bits per heavy atom. The molecule has 0 aliphatic heterocycles. The van der Waals surface area contributed by atoms with Gasteiger partial charge in [0.25, 0.3) is 10.0 Å². The summed E-state index contributed by atoms with van der Waals surface area (Å²) < 4.78 is 29.8.